The average Bonchev–Trinajstić information content (AvgIpc) is 2.35. The summed E-state index contributed by atoms with van der Waals surface area (Å²) in [6.07, 6.45) is 4.62. The van der Waals surface area contributed by atoms with Crippen LogP contribution in [0.4, 0.5) is 17.1 Å². The second-order valence-electron chi connectivity index (χ2n) is 4.17. The number of benzene rings is 1. The van der Waals surface area contributed by atoms with E-state index in [9.17, 15) is 0 Å². The third-order valence-electron chi connectivity index (χ3n) is 2.47. The van der Waals surface area contributed by atoms with Gasteiger partial charge in [-0.15, -0.1) is 0 Å². The fraction of sp³-hybridized carbons (Fsp3) is 0.214. The Morgan fingerprint density at radius 3 is 2.32 bits per heavy atom. The SMILES string of the molecule is CCCNc1cncc(Nc2cc(Cl)cc(Cl)c2)c1. The van der Waals surface area contributed by atoms with Crippen molar-refractivity contribution in [2.75, 3.05) is 17.2 Å². The number of aromatic nitrogens is 1. The molecule has 0 fully saturated rings. The van der Waals surface area contributed by atoms with Crippen molar-refractivity contribution in [3.05, 3.63) is 46.7 Å². The van der Waals surface area contributed by atoms with Gasteiger partial charge >= 0.3 is 0 Å². The van der Waals surface area contributed by atoms with E-state index in [2.05, 4.69) is 22.5 Å². The summed E-state index contributed by atoms with van der Waals surface area (Å²) >= 11 is 11.9. The van der Waals surface area contributed by atoms with E-state index in [1.807, 2.05) is 18.2 Å². The topological polar surface area (TPSA) is 37.0 Å². The molecule has 0 unspecified atom stereocenters. The summed E-state index contributed by atoms with van der Waals surface area (Å²) in [5.74, 6) is 0. The molecule has 2 rings (SSSR count). The van der Waals surface area contributed by atoms with Gasteiger partial charge in [0.05, 0.1) is 23.8 Å². The van der Waals surface area contributed by atoms with Crippen molar-refractivity contribution in [1.82, 2.24) is 4.98 Å². The molecule has 1 aromatic heterocycles. The molecule has 3 nitrogen and oxygen atoms in total. The molecular formula is C14H15Cl2N3. The molecule has 0 spiro atoms. The Labute approximate surface area is 123 Å². The summed E-state index contributed by atoms with van der Waals surface area (Å²) < 4.78 is 0. The fourth-order valence-corrected chi connectivity index (χ4v) is 2.19. The van der Waals surface area contributed by atoms with E-state index < -0.39 is 0 Å². The molecule has 19 heavy (non-hydrogen) atoms. The van der Waals surface area contributed by atoms with Crippen LogP contribution in [0, 0.1) is 0 Å². The highest BCUT2D eigenvalue weighted by Gasteiger charge is 2.00. The van der Waals surface area contributed by atoms with Crippen LogP contribution < -0.4 is 10.6 Å². The van der Waals surface area contributed by atoms with Gasteiger partial charge in [0.2, 0.25) is 0 Å². The van der Waals surface area contributed by atoms with Crippen molar-refractivity contribution < 1.29 is 0 Å². The average molecular weight is 296 g/mol. The number of pyridine rings is 1. The molecule has 0 aliphatic rings. The van der Waals surface area contributed by atoms with Crippen LogP contribution in [0.15, 0.2) is 36.7 Å². The Morgan fingerprint density at radius 2 is 1.63 bits per heavy atom. The molecule has 1 aromatic carbocycles. The van der Waals surface area contributed by atoms with Gasteiger partial charge in [0, 0.05) is 22.3 Å². The lowest BCUT2D eigenvalue weighted by molar-refractivity contribution is 0.978. The molecule has 2 N–H and O–H groups in total. The normalized spacial score (nSPS) is 10.3. The van der Waals surface area contributed by atoms with Gasteiger partial charge in [-0.05, 0) is 30.7 Å². The van der Waals surface area contributed by atoms with Gasteiger partial charge in [-0.3, -0.25) is 4.98 Å². The predicted molar refractivity (Wildman–Crippen MR) is 82.8 cm³/mol. The van der Waals surface area contributed by atoms with Crippen molar-refractivity contribution in [1.29, 1.82) is 0 Å². The molecule has 0 saturated heterocycles. The van der Waals surface area contributed by atoms with Crippen LogP contribution in [0.3, 0.4) is 0 Å². The van der Waals surface area contributed by atoms with Crippen LogP contribution in [0.2, 0.25) is 10.0 Å². The zero-order valence-electron chi connectivity index (χ0n) is 10.6. The minimum Gasteiger partial charge on any atom is -0.384 e. The van der Waals surface area contributed by atoms with E-state index in [0.717, 1.165) is 30.0 Å². The maximum absolute atomic E-state index is 5.96. The van der Waals surface area contributed by atoms with Gasteiger partial charge in [-0.2, -0.15) is 0 Å². The summed E-state index contributed by atoms with van der Waals surface area (Å²) in [6, 6.07) is 7.34. The maximum atomic E-state index is 5.96. The Morgan fingerprint density at radius 1 is 0.947 bits per heavy atom. The standard InChI is InChI=1S/C14H15Cl2N3/c1-2-3-18-13-7-14(9-17-8-13)19-12-5-10(15)4-11(16)6-12/h4-9,18-19H,2-3H2,1H3. The number of nitrogens with one attached hydrogen (secondary N) is 2. The van der Waals surface area contributed by atoms with Gasteiger partial charge in [-0.25, -0.2) is 0 Å². The molecule has 0 amide bonds. The Hall–Kier alpha value is -1.45. The predicted octanol–water partition coefficient (Wildman–Crippen LogP) is 4.95. The van der Waals surface area contributed by atoms with Crippen molar-refractivity contribution in [3.63, 3.8) is 0 Å². The zero-order valence-corrected chi connectivity index (χ0v) is 12.1. The quantitative estimate of drug-likeness (QED) is 0.819. The highest BCUT2D eigenvalue weighted by molar-refractivity contribution is 6.35. The Bertz CT molecular complexity index is 538. The minimum atomic E-state index is 0.600. The zero-order chi connectivity index (χ0) is 13.7. The number of halogens is 2. The van der Waals surface area contributed by atoms with Crippen molar-refractivity contribution in [3.8, 4) is 0 Å². The number of hydrogen-bond acceptors (Lipinski definition) is 3. The molecule has 100 valence electrons. The monoisotopic (exact) mass is 295 g/mol. The molecule has 0 aliphatic carbocycles. The molecule has 0 radical (unpaired) electrons. The lowest BCUT2D eigenvalue weighted by Crippen LogP contribution is -2.01. The van der Waals surface area contributed by atoms with Gasteiger partial charge < -0.3 is 10.6 Å². The maximum Gasteiger partial charge on any atom is 0.0591 e. The summed E-state index contributed by atoms with van der Waals surface area (Å²) in [5, 5.41) is 7.72. The van der Waals surface area contributed by atoms with E-state index in [4.69, 9.17) is 23.2 Å². The third-order valence-corrected chi connectivity index (χ3v) is 2.91. The largest absolute Gasteiger partial charge is 0.384 e. The molecule has 0 atom stereocenters. The minimum absolute atomic E-state index is 0.600. The van der Waals surface area contributed by atoms with E-state index >= 15 is 0 Å². The third kappa shape index (κ3) is 4.30. The van der Waals surface area contributed by atoms with Gasteiger partial charge in [0.1, 0.15) is 0 Å². The second-order valence-corrected chi connectivity index (χ2v) is 5.05. The first-order valence-corrected chi connectivity index (χ1v) is 6.85. The van der Waals surface area contributed by atoms with Gasteiger partial charge in [0.15, 0.2) is 0 Å². The first kappa shape index (κ1) is 14.0. The Kier molecular flexibility index (Phi) is 4.88. The molecule has 0 aliphatic heterocycles. The first-order chi connectivity index (χ1) is 9.17. The highest BCUT2D eigenvalue weighted by Crippen LogP contribution is 2.25. The number of hydrogen-bond donors (Lipinski definition) is 2. The molecule has 2 aromatic rings. The van der Waals surface area contributed by atoms with E-state index in [1.165, 1.54) is 0 Å². The molecular weight excluding hydrogens is 281 g/mol. The van der Waals surface area contributed by atoms with Gasteiger partial charge in [-0.1, -0.05) is 30.1 Å². The molecule has 0 saturated carbocycles. The van der Waals surface area contributed by atoms with Crippen LogP contribution in [-0.2, 0) is 0 Å². The molecule has 1 heterocycles. The van der Waals surface area contributed by atoms with Crippen LogP contribution in [0.25, 0.3) is 0 Å². The van der Waals surface area contributed by atoms with Crippen LogP contribution >= 0.6 is 23.2 Å². The van der Waals surface area contributed by atoms with E-state index in [-0.39, 0.29) is 0 Å². The van der Waals surface area contributed by atoms with Crippen LogP contribution in [0.5, 0.6) is 0 Å². The lowest BCUT2D eigenvalue weighted by atomic mass is 10.3. The lowest BCUT2D eigenvalue weighted by Gasteiger charge is -2.09. The number of rotatable bonds is 5. The van der Waals surface area contributed by atoms with Gasteiger partial charge in [0.25, 0.3) is 0 Å². The Balaban J connectivity index is 2.13. The summed E-state index contributed by atoms with van der Waals surface area (Å²) in [4.78, 5) is 4.19. The number of nitrogens with zero attached hydrogens (tertiary/aromatic N) is 1. The first-order valence-electron chi connectivity index (χ1n) is 6.09. The summed E-state index contributed by atoms with van der Waals surface area (Å²) in [7, 11) is 0. The second kappa shape index (κ2) is 6.64. The van der Waals surface area contributed by atoms with Crippen molar-refractivity contribution in [2.24, 2.45) is 0 Å². The highest BCUT2D eigenvalue weighted by atomic mass is 35.5. The van der Waals surface area contributed by atoms with Crippen LogP contribution in [-0.4, -0.2) is 11.5 Å². The smallest absolute Gasteiger partial charge is 0.0591 e. The summed E-state index contributed by atoms with van der Waals surface area (Å²) in [5.41, 5.74) is 2.71. The molecule has 0 bridgehead atoms. The van der Waals surface area contributed by atoms with E-state index in [1.54, 1.807) is 18.5 Å². The van der Waals surface area contributed by atoms with Crippen LogP contribution in [0.1, 0.15) is 13.3 Å². The van der Waals surface area contributed by atoms with Crippen molar-refractivity contribution in [2.45, 2.75) is 13.3 Å². The van der Waals surface area contributed by atoms with Crippen molar-refractivity contribution >= 4 is 40.3 Å². The summed E-state index contributed by atoms with van der Waals surface area (Å²) in [6.45, 7) is 3.05. The van der Waals surface area contributed by atoms with E-state index in [0.29, 0.717) is 10.0 Å². The molecule has 5 heteroatoms. The fourth-order valence-electron chi connectivity index (χ4n) is 1.67. The number of anilines is 3.